The summed E-state index contributed by atoms with van der Waals surface area (Å²) < 4.78 is 85.9. The topological polar surface area (TPSA) is 117 Å². The van der Waals surface area contributed by atoms with Gasteiger partial charge in [-0.2, -0.15) is 5.10 Å². The molecule has 2 heterocycles. The number of hydrogen-bond acceptors (Lipinski definition) is 6. The first-order valence-corrected chi connectivity index (χ1v) is 14.6. The number of fused-ring (bicyclic) bond motifs is 1. The highest BCUT2D eigenvalue weighted by Gasteiger charge is 2.29. The molecule has 0 unspecified atom stereocenters. The van der Waals surface area contributed by atoms with Crippen molar-refractivity contribution in [1.29, 1.82) is 0 Å². The monoisotopic (exact) mass is 575 g/mol. The highest BCUT2D eigenvalue weighted by molar-refractivity contribution is 7.90. The van der Waals surface area contributed by atoms with E-state index in [0.717, 1.165) is 61.6 Å². The molecule has 2 aromatic heterocycles. The summed E-state index contributed by atoms with van der Waals surface area (Å²) in [5, 5.41) is 5.00. The largest absolute Gasteiger partial charge is 0.383 e. The van der Waals surface area contributed by atoms with E-state index in [1.807, 2.05) is 13.8 Å². The molecule has 0 atom stereocenters. The van der Waals surface area contributed by atoms with Gasteiger partial charge < -0.3 is 11.5 Å². The van der Waals surface area contributed by atoms with Crippen LogP contribution in [0.1, 0.15) is 62.6 Å². The van der Waals surface area contributed by atoms with Crippen LogP contribution < -0.4 is 11.5 Å². The lowest BCUT2D eigenvalue weighted by Gasteiger charge is -2.27. The molecule has 2 aromatic carbocycles. The van der Waals surface area contributed by atoms with Crippen LogP contribution in [0.15, 0.2) is 41.4 Å². The van der Waals surface area contributed by atoms with E-state index in [0.29, 0.717) is 10.9 Å². The second-order valence-corrected chi connectivity index (χ2v) is 12.5. The normalized spacial score (nSPS) is 18.1. The Morgan fingerprint density at radius 3 is 2.40 bits per heavy atom. The fourth-order valence-corrected chi connectivity index (χ4v) is 6.84. The zero-order valence-corrected chi connectivity index (χ0v) is 22.8. The average Bonchev–Trinajstić information content (AvgIpc) is 3.30. The van der Waals surface area contributed by atoms with Crippen molar-refractivity contribution in [1.82, 2.24) is 14.8 Å². The molecule has 0 amide bonds. The number of anilines is 1. The van der Waals surface area contributed by atoms with Crippen molar-refractivity contribution in [2.75, 3.05) is 5.73 Å². The first kappa shape index (κ1) is 28.0. The zero-order chi connectivity index (χ0) is 28.9. The summed E-state index contributed by atoms with van der Waals surface area (Å²) >= 11 is 0. The van der Waals surface area contributed by atoms with Gasteiger partial charge in [0, 0.05) is 29.4 Å². The third-order valence-corrected chi connectivity index (χ3v) is 9.15. The summed E-state index contributed by atoms with van der Waals surface area (Å²) in [5.41, 5.74) is 13.3. The Labute approximate surface area is 229 Å². The Bertz CT molecular complexity index is 1710. The van der Waals surface area contributed by atoms with E-state index in [4.69, 9.17) is 11.5 Å². The summed E-state index contributed by atoms with van der Waals surface area (Å²) in [5.74, 6) is -5.77. The molecule has 1 aliphatic rings. The summed E-state index contributed by atoms with van der Waals surface area (Å²) in [6.45, 7) is 3.81. The van der Waals surface area contributed by atoms with Gasteiger partial charge in [0.2, 0.25) is 0 Å². The number of nitrogens with two attached hydrogens (primary N) is 2. The first-order valence-electron chi connectivity index (χ1n) is 13.0. The predicted molar refractivity (Wildman–Crippen MR) is 144 cm³/mol. The molecule has 0 saturated heterocycles. The lowest BCUT2D eigenvalue weighted by molar-refractivity contribution is 0.395. The molecule has 40 heavy (non-hydrogen) atoms. The lowest BCUT2D eigenvalue weighted by Crippen LogP contribution is -2.26. The van der Waals surface area contributed by atoms with Crippen molar-refractivity contribution in [3.05, 3.63) is 70.9 Å². The number of nitrogens with zero attached hydrogens (tertiary/aromatic N) is 3. The highest BCUT2D eigenvalue weighted by Crippen LogP contribution is 2.42. The molecule has 212 valence electrons. The van der Waals surface area contributed by atoms with Crippen molar-refractivity contribution in [3.63, 3.8) is 0 Å². The molecular formula is C28H29F4N5O2S. The minimum Gasteiger partial charge on any atom is -0.383 e. The molecule has 1 fully saturated rings. The highest BCUT2D eigenvalue weighted by atomic mass is 32.2. The summed E-state index contributed by atoms with van der Waals surface area (Å²) in [6.07, 6.45) is 5.10. The van der Waals surface area contributed by atoms with Gasteiger partial charge in [-0.1, -0.05) is 6.07 Å². The van der Waals surface area contributed by atoms with Gasteiger partial charge in [-0.25, -0.2) is 31.0 Å². The van der Waals surface area contributed by atoms with E-state index in [1.54, 1.807) is 10.9 Å². The maximum Gasteiger partial charge on any atom is 0.185 e. The van der Waals surface area contributed by atoms with Crippen molar-refractivity contribution >= 4 is 26.6 Å². The second-order valence-electron chi connectivity index (χ2n) is 10.6. The number of aromatic nitrogens is 3. The molecule has 4 aromatic rings. The van der Waals surface area contributed by atoms with Crippen LogP contribution in [-0.2, 0) is 15.6 Å². The Kier molecular flexibility index (Phi) is 7.34. The van der Waals surface area contributed by atoms with Crippen molar-refractivity contribution in [3.8, 4) is 11.3 Å². The van der Waals surface area contributed by atoms with Crippen LogP contribution in [0.4, 0.5) is 23.4 Å². The van der Waals surface area contributed by atoms with Crippen LogP contribution in [-0.4, -0.2) is 29.2 Å². The van der Waals surface area contributed by atoms with E-state index in [-0.39, 0.29) is 35.1 Å². The third kappa shape index (κ3) is 4.94. The Morgan fingerprint density at radius 2 is 1.73 bits per heavy atom. The molecule has 4 N–H and O–H groups in total. The van der Waals surface area contributed by atoms with Gasteiger partial charge in [0.25, 0.3) is 0 Å². The van der Waals surface area contributed by atoms with Gasteiger partial charge in [-0.05, 0) is 75.3 Å². The van der Waals surface area contributed by atoms with Crippen LogP contribution in [0.25, 0.3) is 22.2 Å². The molecule has 0 aliphatic heterocycles. The lowest BCUT2D eigenvalue weighted by atomic mass is 9.82. The minimum absolute atomic E-state index is 0.0741. The SMILES string of the molecule is CC(C)n1nc(-c2cc(F)c(CS(=O)(=O)c3cccc(F)c3F)cc2F)c2c(N)ncc(C3CCC(N)CC3)c21. The van der Waals surface area contributed by atoms with Gasteiger partial charge in [-0.3, -0.25) is 4.68 Å². The molecular weight excluding hydrogens is 546 g/mol. The number of halogens is 4. The maximum absolute atomic E-state index is 15.6. The van der Waals surface area contributed by atoms with E-state index in [9.17, 15) is 17.2 Å². The molecule has 12 heteroatoms. The van der Waals surface area contributed by atoms with Crippen LogP contribution in [0.3, 0.4) is 0 Å². The van der Waals surface area contributed by atoms with Gasteiger partial charge in [-0.15, -0.1) is 0 Å². The number of rotatable bonds is 6. The molecule has 7 nitrogen and oxygen atoms in total. The Hall–Kier alpha value is -3.51. The molecule has 5 rings (SSSR count). The van der Waals surface area contributed by atoms with Gasteiger partial charge >= 0.3 is 0 Å². The summed E-state index contributed by atoms with van der Waals surface area (Å²) in [7, 11) is -4.53. The third-order valence-electron chi connectivity index (χ3n) is 7.47. The van der Waals surface area contributed by atoms with Crippen LogP contribution in [0, 0.1) is 23.3 Å². The van der Waals surface area contributed by atoms with Gasteiger partial charge in [0.15, 0.2) is 21.5 Å². The van der Waals surface area contributed by atoms with E-state index in [2.05, 4.69) is 10.1 Å². The van der Waals surface area contributed by atoms with Crippen molar-refractivity contribution in [2.24, 2.45) is 5.73 Å². The Morgan fingerprint density at radius 1 is 1.02 bits per heavy atom. The van der Waals surface area contributed by atoms with E-state index < -0.39 is 49.3 Å². The quantitative estimate of drug-likeness (QED) is 0.282. The number of benzene rings is 2. The average molecular weight is 576 g/mol. The fraction of sp³-hybridized carbons (Fsp3) is 0.357. The van der Waals surface area contributed by atoms with Crippen LogP contribution in [0.2, 0.25) is 0 Å². The Balaban J connectivity index is 1.61. The molecule has 1 aliphatic carbocycles. The predicted octanol–water partition coefficient (Wildman–Crippen LogP) is 5.78. The summed E-state index contributed by atoms with van der Waals surface area (Å²) in [4.78, 5) is 3.42. The summed E-state index contributed by atoms with van der Waals surface area (Å²) in [6, 6.07) is 4.22. The number of nitrogen functional groups attached to an aromatic ring is 1. The van der Waals surface area contributed by atoms with Crippen molar-refractivity contribution in [2.45, 2.75) is 68.2 Å². The van der Waals surface area contributed by atoms with E-state index in [1.165, 1.54) is 0 Å². The smallest absolute Gasteiger partial charge is 0.185 e. The van der Waals surface area contributed by atoms with Gasteiger partial charge in [0.05, 0.1) is 16.7 Å². The zero-order valence-electron chi connectivity index (χ0n) is 22.0. The standard InChI is InChI=1S/C28H29F4N5O2S/c1-14(2)37-27-19(15-6-8-17(33)9-7-15)12-35-28(34)24(27)26(36-37)18-11-21(30)16(10-22(18)31)13-40(38,39)23-5-3-4-20(29)25(23)32/h3-5,10-12,14-15,17H,6-9,13,33H2,1-2H3,(H2,34,35). The van der Waals surface area contributed by atoms with Crippen LogP contribution in [0.5, 0.6) is 0 Å². The van der Waals surface area contributed by atoms with Gasteiger partial charge in [0.1, 0.15) is 28.0 Å². The minimum atomic E-state index is -4.53. The molecule has 0 bridgehead atoms. The number of sulfone groups is 1. The first-order chi connectivity index (χ1) is 18.9. The second kappa shape index (κ2) is 10.5. The maximum atomic E-state index is 15.6. The molecule has 0 radical (unpaired) electrons. The number of pyridine rings is 1. The fourth-order valence-electron chi connectivity index (χ4n) is 5.40. The van der Waals surface area contributed by atoms with Crippen LogP contribution >= 0.6 is 0 Å². The van der Waals surface area contributed by atoms with Crippen molar-refractivity contribution < 1.29 is 26.0 Å². The molecule has 1 saturated carbocycles. The van der Waals surface area contributed by atoms with E-state index >= 15 is 8.78 Å². The molecule has 0 spiro atoms. The number of hydrogen-bond donors (Lipinski definition) is 2.